The molecule has 0 saturated heterocycles. The predicted molar refractivity (Wildman–Crippen MR) is 70.5 cm³/mol. The molecule has 0 fully saturated rings. The highest BCUT2D eigenvalue weighted by atomic mass is 32.2. The first kappa shape index (κ1) is 14.9. The van der Waals surface area contributed by atoms with E-state index in [1.165, 1.54) is 0 Å². The molecule has 100 valence electrons. The Morgan fingerprint density at radius 3 is 2.44 bits per heavy atom. The normalized spacial score (nSPS) is 14.4. The van der Waals surface area contributed by atoms with Gasteiger partial charge in [-0.1, -0.05) is 44.2 Å². The van der Waals surface area contributed by atoms with Gasteiger partial charge < -0.3 is 9.84 Å². The Morgan fingerprint density at radius 2 is 1.94 bits per heavy atom. The molecular formula is C13H18O4S. The van der Waals surface area contributed by atoms with Gasteiger partial charge in [0.2, 0.25) is 0 Å². The minimum absolute atomic E-state index is 0.0515. The molecule has 0 radical (unpaired) electrons. The summed E-state index contributed by atoms with van der Waals surface area (Å²) in [6, 6.07) is 9.49. The number of carboxylic acid groups (broad SMARTS) is 1. The molecule has 0 amide bonds. The van der Waals surface area contributed by atoms with E-state index in [1.807, 2.05) is 30.3 Å². The first-order valence-corrected chi connectivity index (χ1v) is 7.12. The van der Waals surface area contributed by atoms with Crippen LogP contribution in [0.1, 0.15) is 19.4 Å². The van der Waals surface area contributed by atoms with Crippen molar-refractivity contribution >= 4 is 16.8 Å². The van der Waals surface area contributed by atoms with Crippen LogP contribution in [0, 0.1) is 5.92 Å². The molecule has 0 spiro atoms. The van der Waals surface area contributed by atoms with E-state index in [9.17, 15) is 9.00 Å². The van der Waals surface area contributed by atoms with Gasteiger partial charge >= 0.3 is 5.97 Å². The number of carboxylic acids is 1. The van der Waals surface area contributed by atoms with E-state index in [0.717, 1.165) is 5.56 Å². The lowest BCUT2D eigenvalue weighted by Gasteiger charge is -2.15. The summed E-state index contributed by atoms with van der Waals surface area (Å²) in [4.78, 5) is 11.0. The van der Waals surface area contributed by atoms with Crippen LogP contribution in [0.3, 0.4) is 0 Å². The lowest BCUT2D eigenvalue weighted by molar-refractivity contribution is -0.137. The van der Waals surface area contributed by atoms with Crippen molar-refractivity contribution in [2.24, 2.45) is 5.92 Å². The first-order valence-electron chi connectivity index (χ1n) is 5.74. The number of aliphatic carboxylic acids is 1. The fourth-order valence-electron chi connectivity index (χ4n) is 1.59. The minimum Gasteiger partial charge on any atom is -0.480 e. The summed E-state index contributed by atoms with van der Waals surface area (Å²) in [5.74, 6) is -1.26. The molecule has 5 heteroatoms. The number of rotatable bonds is 7. The van der Waals surface area contributed by atoms with Gasteiger partial charge in [-0.25, -0.2) is 0 Å². The van der Waals surface area contributed by atoms with Crippen LogP contribution in [0.15, 0.2) is 30.3 Å². The van der Waals surface area contributed by atoms with E-state index < -0.39 is 22.0 Å². The average molecular weight is 270 g/mol. The lowest BCUT2D eigenvalue weighted by atomic mass is 10.1. The molecule has 0 aliphatic carbocycles. The largest absolute Gasteiger partial charge is 0.480 e. The monoisotopic (exact) mass is 270 g/mol. The number of benzene rings is 1. The molecule has 4 nitrogen and oxygen atoms in total. The van der Waals surface area contributed by atoms with Crippen LogP contribution in [0.2, 0.25) is 0 Å². The Kier molecular flexibility index (Phi) is 6.01. The van der Waals surface area contributed by atoms with Gasteiger partial charge in [0.25, 0.3) is 0 Å². The first-order chi connectivity index (χ1) is 8.52. The second-order valence-corrected chi connectivity index (χ2v) is 5.84. The zero-order chi connectivity index (χ0) is 13.5. The molecule has 0 saturated carbocycles. The zero-order valence-corrected chi connectivity index (χ0v) is 11.4. The van der Waals surface area contributed by atoms with Gasteiger partial charge in [0.15, 0.2) is 0 Å². The SMILES string of the molecule is CC(C)C(C(=O)O)S(=O)COCc1ccccc1. The highest BCUT2D eigenvalue weighted by Crippen LogP contribution is 2.11. The highest BCUT2D eigenvalue weighted by molar-refractivity contribution is 7.86. The maximum atomic E-state index is 11.8. The van der Waals surface area contributed by atoms with Gasteiger partial charge in [0.1, 0.15) is 11.2 Å². The molecule has 0 heterocycles. The number of hydrogen-bond donors (Lipinski definition) is 1. The number of carbonyl (C=O) groups is 1. The van der Waals surface area contributed by atoms with Crippen LogP contribution >= 0.6 is 0 Å². The van der Waals surface area contributed by atoms with Crippen LogP contribution in [0.25, 0.3) is 0 Å². The summed E-state index contributed by atoms with van der Waals surface area (Å²) in [6.07, 6.45) is 0. The summed E-state index contributed by atoms with van der Waals surface area (Å²) in [7, 11) is -1.51. The third-order valence-corrected chi connectivity index (χ3v) is 4.15. The van der Waals surface area contributed by atoms with Gasteiger partial charge in [-0.2, -0.15) is 0 Å². The topological polar surface area (TPSA) is 63.6 Å². The van der Waals surface area contributed by atoms with E-state index in [1.54, 1.807) is 13.8 Å². The van der Waals surface area contributed by atoms with E-state index in [2.05, 4.69) is 0 Å². The summed E-state index contributed by atoms with van der Waals surface area (Å²) in [5, 5.41) is 8.11. The average Bonchev–Trinajstić information content (AvgIpc) is 2.29. The second-order valence-electron chi connectivity index (χ2n) is 4.34. The number of hydrogen-bond acceptors (Lipinski definition) is 3. The highest BCUT2D eigenvalue weighted by Gasteiger charge is 2.28. The van der Waals surface area contributed by atoms with Crippen molar-refractivity contribution in [1.29, 1.82) is 0 Å². The van der Waals surface area contributed by atoms with Crippen molar-refractivity contribution in [1.82, 2.24) is 0 Å². The van der Waals surface area contributed by atoms with Crippen LogP contribution in [0.5, 0.6) is 0 Å². The standard InChI is InChI=1S/C13H18O4S/c1-10(2)12(13(14)15)18(16)9-17-8-11-6-4-3-5-7-11/h3-7,10,12H,8-9H2,1-2H3,(H,14,15). The molecule has 1 aromatic rings. The van der Waals surface area contributed by atoms with Crippen molar-refractivity contribution in [2.45, 2.75) is 25.7 Å². The lowest BCUT2D eigenvalue weighted by Crippen LogP contribution is -2.32. The molecule has 18 heavy (non-hydrogen) atoms. The molecule has 2 atom stereocenters. The van der Waals surface area contributed by atoms with Gasteiger partial charge in [-0.3, -0.25) is 9.00 Å². The number of ether oxygens (including phenoxy) is 1. The van der Waals surface area contributed by atoms with Crippen LogP contribution in [-0.2, 0) is 26.9 Å². The van der Waals surface area contributed by atoms with Crippen molar-refractivity contribution < 1.29 is 18.8 Å². The van der Waals surface area contributed by atoms with Gasteiger partial charge in [-0.05, 0) is 11.5 Å². The van der Waals surface area contributed by atoms with Crippen LogP contribution in [-0.4, -0.2) is 26.5 Å². The summed E-state index contributed by atoms with van der Waals surface area (Å²) in [6.45, 7) is 3.83. The van der Waals surface area contributed by atoms with Crippen LogP contribution in [0.4, 0.5) is 0 Å². The van der Waals surface area contributed by atoms with E-state index >= 15 is 0 Å². The van der Waals surface area contributed by atoms with Crippen molar-refractivity contribution in [3.8, 4) is 0 Å². The molecule has 1 rings (SSSR count). The molecular weight excluding hydrogens is 252 g/mol. The molecule has 0 aliphatic rings. The Labute approximate surface area is 109 Å². The molecule has 0 aromatic heterocycles. The quantitative estimate of drug-likeness (QED) is 0.823. The maximum Gasteiger partial charge on any atom is 0.319 e. The molecule has 2 unspecified atom stereocenters. The molecule has 1 N–H and O–H groups in total. The van der Waals surface area contributed by atoms with E-state index in [-0.39, 0.29) is 11.9 Å². The molecule has 1 aromatic carbocycles. The van der Waals surface area contributed by atoms with Crippen LogP contribution < -0.4 is 0 Å². The zero-order valence-electron chi connectivity index (χ0n) is 10.5. The third-order valence-electron chi connectivity index (χ3n) is 2.44. The van der Waals surface area contributed by atoms with E-state index in [4.69, 9.17) is 9.84 Å². The Hall–Kier alpha value is -1.20. The van der Waals surface area contributed by atoms with E-state index in [0.29, 0.717) is 6.61 Å². The Morgan fingerprint density at radius 1 is 1.33 bits per heavy atom. The molecule has 0 bridgehead atoms. The van der Waals surface area contributed by atoms with Crippen molar-refractivity contribution in [3.05, 3.63) is 35.9 Å². The maximum absolute atomic E-state index is 11.8. The smallest absolute Gasteiger partial charge is 0.319 e. The van der Waals surface area contributed by atoms with Gasteiger partial charge in [0, 0.05) is 0 Å². The minimum atomic E-state index is -1.51. The predicted octanol–water partition coefficient (Wildman–Crippen LogP) is 2.02. The Bertz CT molecular complexity index is 403. The van der Waals surface area contributed by atoms with Crippen molar-refractivity contribution in [2.75, 3.05) is 5.94 Å². The summed E-state index contributed by atoms with van der Waals surface area (Å²) < 4.78 is 17.1. The summed E-state index contributed by atoms with van der Waals surface area (Å²) in [5.41, 5.74) is 0.978. The third kappa shape index (κ3) is 4.58. The molecule has 0 aliphatic heterocycles. The fourth-order valence-corrected chi connectivity index (χ4v) is 2.82. The fraction of sp³-hybridized carbons (Fsp3) is 0.462. The van der Waals surface area contributed by atoms with Crippen molar-refractivity contribution in [3.63, 3.8) is 0 Å². The van der Waals surface area contributed by atoms with Gasteiger partial charge in [-0.15, -0.1) is 0 Å². The Balaban J connectivity index is 2.43. The van der Waals surface area contributed by atoms with Gasteiger partial charge in [0.05, 0.1) is 17.4 Å². The summed E-state index contributed by atoms with van der Waals surface area (Å²) >= 11 is 0. The second kappa shape index (κ2) is 7.28.